The first-order valence-electron chi connectivity index (χ1n) is 4.55. The lowest BCUT2D eigenvalue weighted by Gasteiger charge is -2.00. The van der Waals surface area contributed by atoms with E-state index in [1.54, 1.807) is 0 Å². The van der Waals surface area contributed by atoms with Gasteiger partial charge in [0.1, 0.15) is 12.1 Å². The van der Waals surface area contributed by atoms with Crippen LogP contribution in [0.4, 0.5) is 0 Å². The van der Waals surface area contributed by atoms with Crippen LogP contribution in [0, 0.1) is 0 Å². The SMILES string of the molecule is N[C@@H](CCO)C(=O)O.N[C@@H](CCO)C(=O)O.O. The van der Waals surface area contributed by atoms with Crippen molar-refractivity contribution in [1.82, 2.24) is 0 Å². The van der Waals surface area contributed by atoms with Crippen LogP contribution in [0.15, 0.2) is 0 Å². The summed E-state index contributed by atoms with van der Waals surface area (Å²) in [7, 11) is 0. The molecule has 9 heteroatoms. The van der Waals surface area contributed by atoms with Crippen LogP contribution in [-0.4, -0.2) is 63.1 Å². The van der Waals surface area contributed by atoms with Crippen LogP contribution < -0.4 is 11.5 Å². The maximum atomic E-state index is 9.85. The van der Waals surface area contributed by atoms with Crippen molar-refractivity contribution >= 4 is 11.9 Å². The van der Waals surface area contributed by atoms with Gasteiger partial charge in [-0.2, -0.15) is 0 Å². The molecule has 10 N–H and O–H groups in total. The predicted molar refractivity (Wildman–Crippen MR) is 58.2 cm³/mol. The average molecular weight is 256 g/mol. The summed E-state index contributed by atoms with van der Waals surface area (Å²) >= 11 is 0. The van der Waals surface area contributed by atoms with E-state index in [2.05, 4.69) is 0 Å². The molecular weight excluding hydrogens is 236 g/mol. The second-order valence-electron chi connectivity index (χ2n) is 2.91. The number of hydrogen-bond donors (Lipinski definition) is 6. The van der Waals surface area contributed by atoms with E-state index in [1.165, 1.54) is 0 Å². The summed E-state index contributed by atoms with van der Waals surface area (Å²) in [5.41, 5.74) is 9.93. The molecule has 0 aromatic carbocycles. The molecule has 0 aliphatic carbocycles. The summed E-state index contributed by atoms with van der Waals surface area (Å²) in [6.07, 6.45) is 0.241. The van der Waals surface area contributed by atoms with Gasteiger partial charge < -0.3 is 37.4 Å². The minimum absolute atomic E-state index is 0. The highest BCUT2D eigenvalue weighted by Gasteiger charge is 2.09. The molecule has 0 saturated carbocycles. The Labute approximate surface area is 98.0 Å². The molecule has 0 fully saturated rings. The Balaban J connectivity index is -0.000000218. The zero-order valence-electron chi connectivity index (χ0n) is 9.24. The van der Waals surface area contributed by atoms with E-state index in [-0.39, 0.29) is 31.5 Å². The summed E-state index contributed by atoms with van der Waals surface area (Å²) in [6, 6.07) is -1.83. The maximum Gasteiger partial charge on any atom is 0.320 e. The number of carboxylic acids is 2. The van der Waals surface area contributed by atoms with Crippen molar-refractivity contribution in [3.63, 3.8) is 0 Å². The third kappa shape index (κ3) is 14.7. The van der Waals surface area contributed by atoms with Crippen LogP contribution in [-0.2, 0) is 9.59 Å². The van der Waals surface area contributed by atoms with E-state index in [0.29, 0.717) is 0 Å². The lowest BCUT2D eigenvalue weighted by atomic mass is 10.2. The molecule has 104 valence electrons. The van der Waals surface area contributed by atoms with Gasteiger partial charge in [-0.25, -0.2) is 0 Å². The zero-order chi connectivity index (χ0) is 13.1. The Morgan fingerprint density at radius 3 is 1.18 bits per heavy atom. The Hall–Kier alpha value is -1.26. The molecule has 0 rings (SSSR count). The van der Waals surface area contributed by atoms with Gasteiger partial charge in [0.15, 0.2) is 0 Å². The van der Waals surface area contributed by atoms with Crippen LogP contribution in [0.3, 0.4) is 0 Å². The standard InChI is InChI=1S/2C4H9NO3.H2O/c2*5-3(1-2-6)4(7)8;/h2*3,6H,1-2,5H2,(H,7,8);1H2/t2*3-;/m00./s1. The number of nitrogens with two attached hydrogens (primary N) is 2. The fraction of sp³-hybridized carbons (Fsp3) is 0.750. The van der Waals surface area contributed by atoms with Crippen LogP contribution in [0.2, 0.25) is 0 Å². The highest BCUT2D eigenvalue weighted by Crippen LogP contribution is 1.84. The Morgan fingerprint density at radius 1 is 0.882 bits per heavy atom. The number of aliphatic hydroxyl groups is 2. The molecule has 0 saturated heterocycles. The fourth-order valence-electron chi connectivity index (χ4n) is 0.525. The number of rotatable bonds is 6. The smallest absolute Gasteiger partial charge is 0.320 e. The molecule has 0 aliphatic heterocycles. The minimum atomic E-state index is -1.07. The summed E-state index contributed by atoms with van der Waals surface area (Å²) in [4.78, 5) is 19.7. The van der Waals surface area contributed by atoms with Crippen LogP contribution >= 0.6 is 0 Å². The molecule has 0 aromatic heterocycles. The van der Waals surface area contributed by atoms with Crippen molar-refractivity contribution in [2.24, 2.45) is 11.5 Å². The third-order valence-corrected chi connectivity index (χ3v) is 1.51. The predicted octanol–water partition coefficient (Wildman–Crippen LogP) is -3.26. The van der Waals surface area contributed by atoms with Crippen LogP contribution in [0.1, 0.15) is 12.8 Å². The highest BCUT2D eigenvalue weighted by atomic mass is 16.4. The Bertz CT molecular complexity index is 190. The van der Waals surface area contributed by atoms with E-state index in [4.69, 9.17) is 31.9 Å². The normalized spacial score (nSPS) is 12.5. The summed E-state index contributed by atoms with van der Waals surface area (Å²) < 4.78 is 0. The number of carboxylic acid groups (broad SMARTS) is 2. The van der Waals surface area contributed by atoms with Gasteiger partial charge in [-0.15, -0.1) is 0 Å². The molecule has 2 atom stereocenters. The minimum Gasteiger partial charge on any atom is -0.480 e. The summed E-state index contributed by atoms with van der Waals surface area (Å²) in [5.74, 6) is -2.14. The monoisotopic (exact) mass is 256 g/mol. The van der Waals surface area contributed by atoms with Crippen molar-refractivity contribution in [1.29, 1.82) is 0 Å². The number of aliphatic carboxylic acids is 2. The van der Waals surface area contributed by atoms with Crippen LogP contribution in [0.25, 0.3) is 0 Å². The number of hydrogen-bond acceptors (Lipinski definition) is 6. The van der Waals surface area contributed by atoms with E-state index >= 15 is 0 Å². The molecule has 17 heavy (non-hydrogen) atoms. The highest BCUT2D eigenvalue weighted by molar-refractivity contribution is 5.73. The van der Waals surface area contributed by atoms with E-state index in [1.807, 2.05) is 0 Å². The van der Waals surface area contributed by atoms with Crippen LogP contribution in [0.5, 0.6) is 0 Å². The van der Waals surface area contributed by atoms with Gasteiger partial charge in [0, 0.05) is 13.2 Å². The third-order valence-electron chi connectivity index (χ3n) is 1.51. The summed E-state index contributed by atoms with van der Waals surface area (Å²) in [5, 5.41) is 32.4. The van der Waals surface area contributed by atoms with Crippen molar-refractivity contribution in [2.45, 2.75) is 24.9 Å². The maximum absolute atomic E-state index is 9.85. The fourth-order valence-corrected chi connectivity index (χ4v) is 0.525. The van der Waals surface area contributed by atoms with Gasteiger partial charge in [0.25, 0.3) is 0 Å². The second kappa shape index (κ2) is 12.8. The van der Waals surface area contributed by atoms with Crippen molar-refractivity contribution < 1.29 is 35.5 Å². The number of aliphatic hydroxyl groups excluding tert-OH is 2. The molecule has 0 radical (unpaired) electrons. The van der Waals surface area contributed by atoms with Crippen molar-refractivity contribution in [3.05, 3.63) is 0 Å². The molecule has 0 bridgehead atoms. The first kappa shape index (κ1) is 21.1. The summed E-state index contributed by atoms with van der Waals surface area (Å²) in [6.45, 7) is -0.346. The van der Waals surface area contributed by atoms with E-state index in [9.17, 15) is 9.59 Å². The van der Waals surface area contributed by atoms with Gasteiger partial charge in [-0.3, -0.25) is 9.59 Å². The molecule has 0 amide bonds. The molecule has 0 aromatic rings. The lowest BCUT2D eigenvalue weighted by Crippen LogP contribution is -2.30. The first-order valence-corrected chi connectivity index (χ1v) is 4.55. The molecule has 0 aliphatic rings. The van der Waals surface area contributed by atoms with Crippen molar-refractivity contribution in [2.75, 3.05) is 13.2 Å². The number of carbonyl (C=O) groups is 2. The van der Waals surface area contributed by atoms with Gasteiger partial charge >= 0.3 is 11.9 Å². The van der Waals surface area contributed by atoms with Crippen molar-refractivity contribution in [3.8, 4) is 0 Å². The van der Waals surface area contributed by atoms with E-state index < -0.39 is 24.0 Å². The molecular formula is C8H20N2O7. The second-order valence-corrected chi connectivity index (χ2v) is 2.91. The first-order chi connectivity index (χ1) is 7.36. The Kier molecular flexibility index (Phi) is 15.9. The van der Waals surface area contributed by atoms with E-state index in [0.717, 1.165) is 0 Å². The zero-order valence-corrected chi connectivity index (χ0v) is 9.24. The molecule has 0 spiro atoms. The quantitative estimate of drug-likeness (QED) is 0.284. The van der Waals surface area contributed by atoms with Gasteiger partial charge in [-0.05, 0) is 12.8 Å². The molecule has 0 heterocycles. The topological polar surface area (TPSA) is 199 Å². The van der Waals surface area contributed by atoms with Gasteiger partial charge in [0.05, 0.1) is 0 Å². The Morgan fingerprint density at radius 2 is 1.12 bits per heavy atom. The largest absolute Gasteiger partial charge is 0.480 e. The lowest BCUT2D eigenvalue weighted by molar-refractivity contribution is -0.139. The average Bonchev–Trinajstić information content (AvgIpc) is 2.19. The molecule has 0 unspecified atom stereocenters. The van der Waals surface area contributed by atoms with Gasteiger partial charge in [-0.1, -0.05) is 0 Å². The molecule has 9 nitrogen and oxygen atoms in total. The van der Waals surface area contributed by atoms with Gasteiger partial charge in [0.2, 0.25) is 0 Å².